The fourth-order valence-corrected chi connectivity index (χ4v) is 2.19. The summed E-state index contributed by atoms with van der Waals surface area (Å²) < 4.78 is 11.8. The normalized spacial score (nSPS) is 11.7. The Kier molecular flexibility index (Phi) is 5.28. The van der Waals surface area contributed by atoms with Crippen molar-refractivity contribution in [1.82, 2.24) is 4.57 Å². The second-order valence-electron chi connectivity index (χ2n) is 4.89. The number of benzene rings is 1. The molecule has 1 aromatic carbocycles. The maximum absolute atomic E-state index is 12.1. The number of nitrogens with zero attached hydrogens (tertiary/aromatic N) is 1. The first-order valence-corrected chi connectivity index (χ1v) is 7.27. The van der Waals surface area contributed by atoms with Crippen molar-refractivity contribution in [3.63, 3.8) is 0 Å². The molecule has 2 rings (SSSR count). The van der Waals surface area contributed by atoms with Gasteiger partial charge in [0.25, 0.3) is 5.91 Å². The molecule has 0 unspecified atom stereocenters. The number of esters is 1. The molecule has 6 nitrogen and oxygen atoms in total. The third-order valence-electron chi connectivity index (χ3n) is 3.23. The van der Waals surface area contributed by atoms with Crippen LogP contribution in [0.25, 0.3) is 0 Å². The van der Waals surface area contributed by atoms with Gasteiger partial charge in [-0.25, -0.2) is 4.79 Å². The lowest BCUT2D eigenvalue weighted by Crippen LogP contribution is -2.30. The maximum atomic E-state index is 12.1. The Hall–Kier alpha value is -2.47. The highest BCUT2D eigenvalue weighted by atomic mass is 35.5. The molecule has 7 heteroatoms. The Morgan fingerprint density at radius 1 is 1.30 bits per heavy atom. The number of rotatable bonds is 5. The summed E-state index contributed by atoms with van der Waals surface area (Å²) in [5.74, 6) is -0.505. The average molecular weight is 337 g/mol. The van der Waals surface area contributed by atoms with E-state index in [0.29, 0.717) is 22.2 Å². The Labute approximate surface area is 139 Å². The van der Waals surface area contributed by atoms with Gasteiger partial charge in [-0.2, -0.15) is 0 Å². The standard InChI is InChI=1S/C16H17ClN2O4/c1-10(23-16(21)13-5-4-8-19(13)2)15(20)18-11-6-7-14(22-3)12(17)9-11/h4-10H,1-3H3,(H,18,20)/t10-/m1/s1. The number of carbonyl (C=O) groups is 2. The minimum atomic E-state index is -0.946. The van der Waals surface area contributed by atoms with Gasteiger partial charge < -0.3 is 19.4 Å². The van der Waals surface area contributed by atoms with Crippen LogP contribution in [0.2, 0.25) is 5.02 Å². The Morgan fingerprint density at radius 3 is 2.61 bits per heavy atom. The van der Waals surface area contributed by atoms with Gasteiger partial charge in [-0.1, -0.05) is 11.6 Å². The first-order chi connectivity index (χ1) is 10.9. The molecule has 1 amide bonds. The van der Waals surface area contributed by atoms with Crippen LogP contribution in [0.1, 0.15) is 17.4 Å². The summed E-state index contributed by atoms with van der Waals surface area (Å²) in [6.07, 6.45) is 0.777. The fourth-order valence-electron chi connectivity index (χ4n) is 1.94. The zero-order chi connectivity index (χ0) is 17.0. The number of carbonyl (C=O) groups excluding carboxylic acids is 2. The zero-order valence-corrected chi connectivity index (χ0v) is 13.8. The summed E-state index contributed by atoms with van der Waals surface area (Å²) in [5, 5.41) is 3.01. The number of nitrogens with one attached hydrogen (secondary N) is 1. The number of halogens is 1. The van der Waals surface area contributed by atoms with E-state index in [2.05, 4.69) is 5.32 Å². The molecule has 1 N–H and O–H groups in total. The molecule has 0 fully saturated rings. The highest BCUT2D eigenvalue weighted by Crippen LogP contribution is 2.27. The van der Waals surface area contributed by atoms with E-state index in [4.69, 9.17) is 21.1 Å². The van der Waals surface area contributed by atoms with Crippen LogP contribution in [-0.4, -0.2) is 29.7 Å². The van der Waals surface area contributed by atoms with Crippen molar-refractivity contribution >= 4 is 29.2 Å². The summed E-state index contributed by atoms with van der Waals surface area (Å²) >= 11 is 6.00. The van der Waals surface area contributed by atoms with Crippen molar-refractivity contribution < 1.29 is 19.1 Å². The molecule has 0 saturated heterocycles. The van der Waals surface area contributed by atoms with Crippen LogP contribution in [0, 0.1) is 0 Å². The summed E-state index contributed by atoms with van der Waals surface area (Å²) in [7, 11) is 3.23. The van der Waals surface area contributed by atoms with E-state index >= 15 is 0 Å². The molecule has 1 heterocycles. The number of amides is 1. The number of ether oxygens (including phenoxy) is 2. The van der Waals surface area contributed by atoms with Gasteiger partial charge in [-0.3, -0.25) is 4.79 Å². The van der Waals surface area contributed by atoms with E-state index in [1.165, 1.54) is 14.0 Å². The molecule has 0 aliphatic heterocycles. The molecule has 23 heavy (non-hydrogen) atoms. The van der Waals surface area contributed by atoms with Crippen LogP contribution in [0.4, 0.5) is 5.69 Å². The molecule has 0 aliphatic carbocycles. The first kappa shape index (κ1) is 16.9. The van der Waals surface area contributed by atoms with Crippen LogP contribution in [0.5, 0.6) is 5.75 Å². The van der Waals surface area contributed by atoms with Crippen LogP contribution in [0.15, 0.2) is 36.5 Å². The number of hydrogen-bond acceptors (Lipinski definition) is 4. The van der Waals surface area contributed by atoms with Gasteiger partial charge >= 0.3 is 5.97 Å². The minimum Gasteiger partial charge on any atom is -0.495 e. The number of aryl methyl sites for hydroxylation is 1. The van der Waals surface area contributed by atoms with E-state index in [9.17, 15) is 9.59 Å². The van der Waals surface area contributed by atoms with E-state index < -0.39 is 18.0 Å². The van der Waals surface area contributed by atoms with Crippen molar-refractivity contribution in [3.8, 4) is 5.75 Å². The molecule has 0 bridgehead atoms. The van der Waals surface area contributed by atoms with Gasteiger partial charge in [-0.15, -0.1) is 0 Å². The predicted molar refractivity (Wildman–Crippen MR) is 86.9 cm³/mol. The zero-order valence-electron chi connectivity index (χ0n) is 13.0. The lowest BCUT2D eigenvalue weighted by Gasteiger charge is -2.14. The SMILES string of the molecule is COc1ccc(NC(=O)[C@@H](C)OC(=O)c2cccn2C)cc1Cl. The van der Waals surface area contributed by atoms with Crippen molar-refractivity contribution in [3.05, 3.63) is 47.2 Å². The molecular formula is C16H17ClN2O4. The molecule has 0 aliphatic rings. The molecular weight excluding hydrogens is 320 g/mol. The number of aromatic nitrogens is 1. The second-order valence-corrected chi connectivity index (χ2v) is 5.30. The maximum Gasteiger partial charge on any atom is 0.355 e. The van der Waals surface area contributed by atoms with Gasteiger partial charge in [0.05, 0.1) is 12.1 Å². The van der Waals surface area contributed by atoms with Crippen molar-refractivity contribution in [1.29, 1.82) is 0 Å². The lowest BCUT2D eigenvalue weighted by atomic mass is 10.2. The summed E-state index contributed by atoms with van der Waals surface area (Å²) in [6.45, 7) is 1.50. The van der Waals surface area contributed by atoms with E-state index in [-0.39, 0.29) is 0 Å². The fraction of sp³-hybridized carbons (Fsp3) is 0.250. The monoisotopic (exact) mass is 336 g/mol. The second kappa shape index (κ2) is 7.19. The molecule has 2 aromatic rings. The summed E-state index contributed by atoms with van der Waals surface area (Å²) in [6, 6.07) is 8.19. The smallest absolute Gasteiger partial charge is 0.355 e. The Balaban J connectivity index is 1.99. The number of methoxy groups -OCH3 is 1. The highest BCUT2D eigenvalue weighted by Gasteiger charge is 2.20. The van der Waals surface area contributed by atoms with Crippen LogP contribution in [0.3, 0.4) is 0 Å². The van der Waals surface area contributed by atoms with Crippen molar-refractivity contribution in [2.45, 2.75) is 13.0 Å². The van der Waals surface area contributed by atoms with E-state index in [0.717, 1.165) is 0 Å². The molecule has 1 aromatic heterocycles. The van der Waals surface area contributed by atoms with Gasteiger partial charge in [-0.05, 0) is 37.3 Å². The Morgan fingerprint density at radius 2 is 2.04 bits per heavy atom. The van der Waals surface area contributed by atoms with Gasteiger partial charge in [0, 0.05) is 18.9 Å². The number of hydrogen-bond donors (Lipinski definition) is 1. The van der Waals surface area contributed by atoms with Crippen LogP contribution < -0.4 is 10.1 Å². The van der Waals surface area contributed by atoms with Gasteiger partial charge in [0.15, 0.2) is 6.10 Å². The molecule has 0 saturated carbocycles. The van der Waals surface area contributed by atoms with Crippen molar-refractivity contribution in [2.75, 3.05) is 12.4 Å². The summed E-state index contributed by atoms with van der Waals surface area (Å²) in [5.41, 5.74) is 0.861. The molecule has 0 spiro atoms. The van der Waals surface area contributed by atoms with E-state index in [1.807, 2.05) is 0 Å². The third-order valence-corrected chi connectivity index (χ3v) is 3.52. The summed E-state index contributed by atoms with van der Waals surface area (Å²) in [4.78, 5) is 24.1. The quantitative estimate of drug-likeness (QED) is 0.852. The largest absolute Gasteiger partial charge is 0.495 e. The Bertz CT molecular complexity index is 727. The molecule has 122 valence electrons. The average Bonchev–Trinajstić information content (AvgIpc) is 2.93. The molecule has 0 radical (unpaired) electrons. The highest BCUT2D eigenvalue weighted by molar-refractivity contribution is 6.32. The van der Waals surface area contributed by atoms with Gasteiger partial charge in [0.1, 0.15) is 11.4 Å². The first-order valence-electron chi connectivity index (χ1n) is 6.89. The van der Waals surface area contributed by atoms with Crippen LogP contribution in [-0.2, 0) is 16.6 Å². The topological polar surface area (TPSA) is 69.6 Å². The predicted octanol–water partition coefficient (Wildman–Crippen LogP) is 2.87. The van der Waals surface area contributed by atoms with E-state index in [1.54, 1.807) is 48.1 Å². The van der Waals surface area contributed by atoms with Crippen molar-refractivity contribution in [2.24, 2.45) is 7.05 Å². The van der Waals surface area contributed by atoms with Crippen LogP contribution >= 0.6 is 11.6 Å². The third kappa shape index (κ3) is 4.04. The lowest BCUT2D eigenvalue weighted by molar-refractivity contribution is -0.123. The minimum absolute atomic E-state index is 0.372. The number of anilines is 1. The molecule has 1 atom stereocenters. The van der Waals surface area contributed by atoms with Gasteiger partial charge in [0.2, 0.25) is 0 Å².